The van der Waals surface area contributed by atoms with Crippen molar-refractivity contribution in [3.8, 4) is 17.1 Å². The number of methoxy groups -OCH3 is 1. The fourth-order valence-corrected chi connectivity index (χ4v) is 2.46. The van der Waals surface area contributed by atoms with Crippen molar-refractivity contribution in [2.75, 3.05) is 12.8 Å². The lowest BCUT2D eigenvalue weighted by molar-refractivity contribution is 0.386. The highest BCUT2D eigenvalue weighted by atomic mass is 16.5. The number of rotatable bonds is 2. The third-order valence-corrected chi connectivity index (χ3v) is 3.60. The maximum Gasteiger partial charge on any atom is 0.181 e. The molecule has 1 aliphatic rings. The van der Waals surface area contributed by atoms with Gasteiger partial charge in [-0.25, -0.2) is 9.67 Å². The SMILES string of the molecule is COc1ccc(-c2nc3n(n2)CCC(C)C3)cc1N. The van der Waals surface area contributed by atoms with E-state index < -0.39 is 0 Å². The predicted molar refractivity (Wildman–Crippen MR) is 73.9 cm³/mol. The van der Waals surface area contributed by atoms with E-state index in [0.717, 1.165) is 30.2 Å². The average Bonchev–Trinajstić information content (AvgIpc) is 2.81. The second kappa shape index (κ2) is 4.57. The van der Waals surface area contributed by atoms with Gasteiger partial charge in [-0.3, -0.25) is 0 Å². The lowest BCUT2D eigenvalue weighted by Crippen LogP contribution is -2.18. The molecule has 1 unspecified atom stereocenters. The van der Waals surface area contributed by atoms with Crippen molar-refractivity contribution in [1.29, 1.82) is 0 Å². The fraction of sp³-hybridized carbons (Fsp3) is 0.429. The Morgan fingerprint density at radius 3 is 3.00 bits per heavy atom. The topological polar surface area (TPSA) is 66.0 Å². The Kier molecular flexibility index (Phi) is 2.89. The van der Waals surface area contributed by atoms with Crippen molar-refractivity contribution < 1.29 is 4.74 Å². The molecule has 2 aromatic rings. The Bertz CT molecular complexity index is 605. The molecule has 5 heteroatoms. The smallest absolute Gasteiger partial charge is 0.181 e. The lowest BCUT2D eigenvalue weighted by atomic mass is 10.0. The van der Waals surface area contributed by atoms with Crippen molar-refractivity contribution in [3.05, 3.63) is 24.0 Å². The van der Waals surface area contributed by atoms with Crippen LogP contribution in [-0.2, 0) is 13.0 Å². The Hall–Kier alpha value is -2.04. The molecule has 19 heavy (non-hydrogen) atoms. The summed E-state index contributed by atoms with van der Waals surface area (Å²) in [4.78, 5) is 4.62. The van der Waals surface area contributed by atoms with Crippen molar-refractivity contribution in [2.45, 2.75) is 26.3 Å². The minimum absolute atomic E-state index is 0.612. The van der Waals surface area contributed by atoms with Crippen LogP contribution in [0.5, 0.6) is 5.75 Å². The maximum absolute atomic E-state index is 5.93. The van der Waals surface area contributed by atoms with Gasteiger partial charge in [-0.2, -0.15) is 5.10 Å². The number of fused-ring (bicyclic) bond motifs is 1. The van der Waals surface area contributed by atoms with Crippen molar-refractivity contribution in [2.24, 2.45) is 5.92 Å². The van der Waals surface area contributed by atoms with E-state index in [1.807, 2.05) is 22.9 Å². The van der Waals surface area contributed by atoms with Gasteiger partial charge >= 0.3 is 0 Å². The molecule has 0 radical (unpaired) electrons. The van der Waals surface area contributed by atoms with E-state index in [-0.39, 0.29) is 0 Å². The number of nitrogens with zero attached hydrogens (tertiary/aromatic N) is 3. The van der Waals surface area contributed by atoms with Crippen LogP contribution in [0.25, 0.3) is 11.4 Å². The van der Waals surface area contributed by atoms with Gasteiger partial charge in [0.25, 0.3) is 0 Å². The first-order valence-corrected chi connectivity index (χ1v) is 6.55. The van der Waals surface area contributed by atoms with Gasteiger partial charge in [0.1, 0.15) is 11.6 Å². The van der Waals surface area contributed by atoms with Crippen LogP contribution in [0.2, 0.25) is 0 Å². The molecule has 3 rings (SSSR count). The van der Waals surface area contributed by atoms with E-state index in [9.17, 15) is 0 Å². The van der Waals surface area contributed by atoms with Crippen LogP contribution >= 0.6 is 0 Å². The molecular weight excluding hydrogens is 240 g/mol. The van der Waals surface area contributed by atoms with Gasteiger partial charge in [-0.15, -0.1) is 0 Å². The van der Waals surface area contributed by atoms with Crippen molar-refractivity contribution >= 4 is 5.69 Å². The second-order valence-corrected chi connectivity index (χ2v) is 5.13. The number of hydrogen-bond acceptors (Lipinski definition) is 4. The molecule has 2 heterocycles. The number of ether oxygens (including phenoxy) is 1. The zero-order chi connectivity index (χ0) is 13.4. The Morgan fingerprint density at radius 2 is 2.26 bits per heavy atom. The van der Waals surface area contributed by atoms with E-state index in [2.05, 4.69) is 17.0 Å². The molecule has 0 amide bonds. The van der Waals surface area contributed by atoms with E-state index in [1.54, 1.807) is 7.11 Å². The van der Waals surface area contributed by atoms with Gasteiger partial charge in [-0.05, 0) is 30.5 Å². The number of aryl methyl sites for hydroxylation is 1. The van der Waals surface area contributed by atoms with Gasteiger partial charge in [0.2, 0.25) is 0 Å². The number of nitrogen functional groups attached to an aromatic ring is 1. The quantitative estimate of drug-likeness (QED) is 0.838. The molecule has 1 aromatic heterocycles. The fourth-order valence-electron chi connectivity index (χ4n) is 2.46. The second-order valence-electron chi connectivity index (χ2n) is 5.13. The number of hydrogen-bond donors (Lipinski definition) is 1. The van der Waals surface area contributed by atoms with Gasteiger partial charge in [0, 0.05) is 18.5 Å². The highest BCUT2D eigenvalue weighted by Crippen LogP contribution is 2.28. The Labute approximate surface area is 112 Å². The van der Waals surface area contributed by atoms with Crippen LogP contribution in [-0.4, -0.2) is 21.9 Å². The number of aromatic nitrogens is 3. The van der Waals surface area contributed by atoms with Crippen LogP contribution in [0.1, 0.15) is 19.2 Å². The number of nitrogens with two attached hydrogens (primary N) is 1. The number of anilines is 1. The maximum atomic E-state index is 5.93. The normalized spacial score (nSPS) is 18.1. The first kappa shape index (κ1) is 12.0. The summed E-state index contributed by atoms with van der Waals surface area (Å²) in [6, 6.07) is 5.66. The summed E-state index contributed by atoms with van der Waals surface area (Å²) in [5.74, 6) is 3.19. The predicted octanol–water partition coefficient (Wildman–Crippen LogP) is 2.12. The summed E-state index contributed by atoms with van der Waals surface area (Å²) in [6.07, 6.45) is 2.17. The summed E-state index contributed by atoms with van der Waals surface area (Å²) < 4.78 is 7.17. The molecule has 5 nitrogen and oxygen atoms in total. The van der Waals surface area contributed by atoms with Gasteiger partial charge < -0.3 is 10.5 Å². The van der Waals surface area contributed by atoms with Gasteiger partial charge in [0.15, 0.2) is 5.82 Å². The summed E-state index contributed by atoms with van der Waals surface area (Å²) >= 11 is 0. The number of benzene rings is 1. The molecule has 0 spiro atoms. The van der Waals surface area contributed by atoms with Gasteiger partial charge in [0.05, 0.1) is 12.8 Å². The van der Waals surface area contributed by atoms with E-state index in [0.29, 0.717) is 17.4 Å². The summed E-state index contributed by atoms with van der Waals surface area (Å²) in [6.45, 7) is 3.21. The molecule has 2 N–H and O–H groups in total. The van der Waals surface area contributed by atoms with E-state index in [1.165, 1.54) is 6.42 Å². The third-order valence-electron chi connectivity index (χ3n) is 3.60. The first-order chi connectivity index (χ1) is 9.17. The third kappa shape index (κ3) is 2.16. The van der Waals surface area contributed by atoms with Crippen LogP contribution in [0.15, 0.2) is 18.2 Å². The Morgan fingerprint density at radius 1 is 1.42 bits per heavy atom. The molecule has 0 fully saturated rings. The minimum Gasteiger partial charge on any atom is -0.495 e. The van der Waals surface area contributed by atoms with Crippen molar-refractivity contribution in [1.82, 2.24) is 14.8 Å². The van der Waals surface area contributed by atoms with E-state index in [4.69, 9.17) is 10.5 Å². The Balaban J connectivity index is 1.96. The highest BCUT2D eigenvalue weighted by Gasteiger charge is 2.19. The zero-order valence-electron chi connectivity index (χ0n) is 11.3. The summed E-state index contributed by atoms with van der Waals surface area (Å²) in [5, 5.41) is 4.56. The van der Waals surface area contributed by atoms with Crippen molar-refractivity contribution in [3.63, 3.8) is 0 Å². The largest absolute Gasteiger partial charge is 0.495 e. The first-order valence-electron chi connectivity index (χ1n) is 6.55. The average molecular weight is 258 g/mol. The molecule has 1 aliphatic heterocycles. The molecular formula is C14H18N4O. The van der Waals surface area contributed by atoms with Crippen LogP contribution in [0.4, 0.5) is 5.69 Å². The lowest BCUT2D eigenvalue weighted by Gasteiger charge is -2.17. The molecule has 0 bridgehead atoms. The van der Waals surface area contributed by atoms with Crippen LogP contribution in [0, 0.1) is 5.92 Å². The highest BCUT2D eigenvalue weighted by molar-refractivity contribution is 5.66. The molecule has 1 atom stereocenters. The molecule has 0 saturated heterocycles. The van der Waals surface area contributed by atoms with Gasteiger partial charge in [-0.1, -0.05) is 6.92 Å². The molecule has 100 valence electrons. The van der Waals surface area contributed by atoms with Crippen LogP contribution in [0.3, 0.4) is 0 Å². The summed E-state index contributed by atoms with van der Waals surface area (Å²) in [5.41, 5.74) is 7.48. The molecule has 0 aliphatic carbocycles. The minimum atomic E-state index is 0.612. The zero-order valence-corrected chi connectivity index (χ0v) is 11.3. The van der Waals surface area contributed by atoms with E-state index >= 15 is 0 Å². The summed E-state index contributed by atoms with van der Waals surface area (Å²) in [7, 11) is 1.61. The standard InChI is InChI=1S/C14H18N4O/c1-9-5-6-18-13(7-9)16-14(17-18)10-3-4-12(19-2)11(15)8-10/h3-4,8-9H,5-7,15H2,1-2H3. The monoisotopic (exact) mass is 258 g/mol. The molecule has 0 saturated carbocycles. The van der Waals surface area contributed by atoms with Crippen LogP contribution < -0.4 is 10.5 Å². The molecule has 1 aromatic carbocycles.